The average Bonchev–Trinajstić information content (AvgIpc) is 2.70. The second-order valence-corrected chi connectivity index (χ2v) is 6.16. The molecule has 28 heavy (non-hydrogen) atoms. The molecular weight excluding hydrogens is 378 g/mol. The zero-order chi connectivity index (χ0) is 19.9. The first-order chi connectivity index (χ1) is 13.6. The predicted molar refractivity (Wildman–Crippen MR) is 109 cm³/mol. The largest absolute Gasteiger partial charge is 0.462 e. The number of para-hydroxylation sites is 2. The lowest BCUT2D eigenvalue weighted by Crippen LogP contribution is -2.14. The summed E-state index contributed by atoms with van der Waals surface area (Å²) in [4.78, 5) is 28.7. The number of benzene rings is 2. The molecule has 0 spiro atoms. The monoisotopic (exact) mass is 395 g/mol. The van der Waals surface area contributed by atoms with Crippen molar-refractivity contribution in [1.29, 1.82) is 0 Å². The molecule has 3 aromatic rings. The molecule has 0 aliphatic heterocycles. The minimum absolute atomic E-state index is 0.207. The van der Waals surface area contributed by atoms with Crippen molar-refractivity contribution < 1.29 is 14.3 Å². The number of pyridine rings is 1. The SMILES string of the molecule is CCOC(=O)c1ccccc1Nc1ccnc(C(=O)Nc2ccccc2Cl)c1. The Bertz CT molecular complexity index is 1010. The second kappa shape index (κ2) is 9.01. The lowest BCUT2D eigenvalue weighted by atomic mass is 10.1. The van der Waals surface area contributed by atoms with E-state index in [4.69, 9.17) is 16.3 Å². The minimum atomic E-state index is -0.420. The Hall–Kier alpha value is -3.38. The third-order valence-corrected chi connectivity index (χ3v) is 4.15. The molecule has 0 unspecified atom stereocenters. The van der Waals surface area contributed by atoms with Gasteiger partial charge in [0, 0.05) is 11.9 Å². The van der Waals surface area contributed by atoms with Crippen LogP contribution in [-0.2, 0) is 4.74 Å². The second-order valence-electron chi connectivity index (χ2n) is 5.75. The smallest absolute Gasteiger partial charge is 0.340 e. The normalized spacial score (nSPS) is 10.2. The Morgan fingerprint density at radius 3 is 2.50 bits per heavy atom. The molecule has 1 aromatic heterocycles. The summed E-state index contributed by atoms with van der Waals surface area (Å²) in [7, 11) is 0. The molecule has 1 heterocycles. The van der Waals surface area contributed by atoms with Gasteiger partial charge in [-0.25, -0.2) is 4.79 Å². The summed E-state index contributed by atoms with van der Waals surface area (Å²) < 4.78 is 5.08. The van der Waals surface area contributed by atoms with E-state index in [1.807, 2.05) is 0 Å². The predicted octanol–water partition coefficient (Wildman–Crippen LogP) is 4.91. The summed E-state index contributed by atoms with van der Waals surface area (Å²) >= 11 is 6.08. The topological polar surface area (TPSA) is 80.3 Å². The lowest BCUT2D eigenvalue weighted by Gasteiger charge is -2.12. The Balaban J connectivity index is 1.80. The molecule has 0 aliphatic carbocycles. The number of hydrogen-bond acceptors (Lipinski definition) is 5. The first kappa shape index (κ1) is 19.4. The molecule has 1 amide bonds. The van der Waals surface area contributed by atoms with Gasteiger partial charge in [0.05, 0.1) is 28.6 Å². The van der Waals surface area contributed by atoms with Crippen LogP contribution >= 0.6 is 11.6 Å². The van der Waals surface area contributed by atoms with Crippen LogP contribution in [0.1, 0.15) is 27.8 Å². The number of halogens is 1. The van der Waals surface area contributed by atoms with Crippen molar-refractivity contribution in [2.24, 2.45) is 0 Å². The van der Waals surface area contributed by atoms with E-state index in [1.54, 1.807) is 67.6 Å². The van der Waals surface area contributed by atoms with Crippen molar-refractivity contribution in [3.05, 3.63) is 83.1 Å². The third kappa shape index (κ3) is 4.66. The Labute approximate surface area is 167 Å². The quantitative estimate of drug-likeness (QED) is 0.580. The molecule has 0 fully saturated rings. The standard InChI is InChI=1S/C21H18ClN3O3/c1-2-28-21(27)15-7-3-5-9-17(15)24-14-11-12-23-19(13-14)20(26)25-18-10-6-4-8-16(18)22/h3-13H,2H2,1H3,(H,23,24)(H,25,26). The Kier molecular flexibility index (Phi) is 6.24. The fourth-order valence-electron chi connectivity index (χ4n) is 2.52. The molecule has 0 radical (unpaired) electrons. The van der Waals surface area contributed by atoms with Crippen LogP contribution in [0.2, 0.25) is 5.02 Å². The first-order valence-corrected chi connectivity index (χ1v) is 9.01. The summed E-state index contributed by atoms with van der Waals surface area (Å²) in [5.41, 5.74) is 2.30. The zero-order valence-electron chi connectivity index (χ0n) is 15.1. The maximum absolute atomic E-state index is 12.5. The molecule has 2 N–H and O–H groups in total. The van der Waals surface area contributed by atoms with Gasteiger partial charge in [-0.1, -0.05) is 35.9 Å². The van der Waals surface area contributed by atoms with Crippen LogP contribution in [0.4, 0.5) is 17.1 Å². The number of nitrogens with zero attached hydrogens (tertiary/aromatic N) is 1. The molecule has 2 aromatic carbocycles. The highest BCUT2D eigenvalue weighted by atomic mass is 35.5. The van der Waals surface area contributed by atoms with Crippen LogP contribution in [0, 0.1) is 0 Å². The highest BCUT2D eigenvalue weighted by molar-refractivity contribution is 6.33. The van der Waals surface area contributed by atoms with Crippen molar-refractivity contribution in [1.82, 2.24) is 4.98 Å². The van der Waals surface area contributed by atoms with Gasteiger partial charge in [-0.05, 0) is 43.3 Å². The zero-order valence-corrected chi connectivity index (χ0v) is 15.9. The van der Waals surface area contributed by atoms with Crippen LogP contribution in [-0.4, -0.2) is 23.5 Å². The fraction of sp³-hybridized carbons (Fsp3) is 0.0952. The number of nitrogens with one attached hydrogen (secondary N) is 2. The van der Waals surface area contributed by atoms with Crippen LogP contribution in [0.5, 0.6) is 0 Å². The van der Waals surface area contributed by atoms with Crippen LogP contribution in [0.15, 0.2) is 66.9 Å². The van der Waals surface area contributed by atoms with Crippen LogP contribution in [0.25, 0.3) is 0 Å². The van der Waals surface area contributed by atoms with Gasteiger partial charge in [0.2, 0.25) is 0 Å². The molecule has 0 saturated carbocycles. The number of ether oxygens (including phenoxy) is 1. The number of carbonyl (C=O) groups is 2. The number of hydrogen-bond donors (Lipinski definition) is 2. The number of anilines is 3. The van der Waals surface area contributed by atoms with Crippen molar-refractivity contribution in [3.63, 3.8) is 0 Å². The van der Waals surface area contributed by atoms with Gasteiger partial charge in [-0.15, -0.1) is 0 Å². The van der Waals surface area contributed by atoms with E-state index in [9.17, 15) is 9.59 Å². The van der Waals surface area contributed by atoms with Crippen LogP contribution < -0.4 is 10.6 Å². The molecule has 3 rings (SSSR count). The highest BCUT2D eigenvalue weighted by Crippen LogP contribution is 2.23. The van der Waals surface area contributed by atoms with Crippen molar-refractivity contribution in [3.8, 4) is 0 Å². The summed E-state index contributed by atoms with van der Waals surface area (Å²) in [5.74, 6) is -0.813. The van der Waals surface area contributed by atoms with Gasteiger partial charge in [0.15, 0.2) is 0 Å². The molecule has 0 bridgehead atoms. The van der Waals surface area contributed by atoms with Crippen LogP contribution in [0.3, 0.4) is 0 Å². The summed E-state index contributed by atoms with van der Waals surface area (Å²) in [5, 5.41) is 6.30. The number of rotatable bonds is 6. The van der Waals surface area contributed by atoms with E-state index < -0.39 is 11.9 Å². The first-order valence-electron chi connectivity index (χ1n) is 8.63. The number of aromatic nitrogens is 1. The maximum Gasteiger partial charge on any atom is 0.340 e. The number of esters is 1. The highest BCUT2D eigenvalue weighted by Gasteiger charge is 2.14. The van der Waals surface area contributed by atoms with Crippen molar-refractivity contribution in [2.45, 2.75) is 6.92 Å². The van der Waals surface area contributed by atoms with E-state index in [0.717, 1.165) is 0 Å². The molecule has 0 aliphatic rings. The van der Waals surface area contributed by atoms with Gasteiger partial charge in [-0.2, -0.15) is 0 Å². The summed E-state index contributed by atoms with van der Waals surface area (Å²) in [6.07, 6.45) is 1.51. The molecule has 6 nitrogen and oxygen atoms in total. The lowest BCUT2D eigenvalue weighted by molar-refractivity contribution is 0.0527. The summed E-state index contributed by atoms with van der Waals surface area (Å²) in [6.45, 7) is 2.04. The van der Waals surface area contributed by atoms with E-state index in [0.29, 0.717) is 27.6 Å². The Morgan fingerprint density at radius 1 is 1.04 bits per heavy atom. The van der Waals surface area contributed by atoms with E-state index in [2.05, 4.69) is 15.6 Å². The molecular formula is C21H18ClN3O3. The van der Waals surface area contributed by atoms with Crippen molar-refractivity contribution >= 4 is 40.5 Å². The molecule has 0 atom stereocenters. The van der Waals surface area contributed by atoms with E-state index >= 15 is 0 Å². The van der Waals surface area contributed by atoms with E-state index in [1.165, 1.54) is 6.20 Å². The molecule has 7 heteroatoms. The number of amides is 1. The molecule has 0 saturated heterocycles. The molecule has 142 valence electrons. The average molecular weight is 396 g/mol. The minimum Gasteiger partial charge on any atom is -0.462 e. The van der Waals surface area contributed by atoms with Gasteiger partial charge >= 0.3 is 5.97 Å². The fourth-order valence-corrected chi connectivity index (χ4v) is 2.70. The van der Waals surface area contributed by atoms with Crippen molar-refractivity contribution in [2.75, 3.05) is 17.2 Å². The van der Waals surface area contributed by atoms with Gasteiger partial charge in [0.25, 0.3) is 5.91 Å². The third-order valence-electron chi connectivity index (χ3n) is 3.82. The van der Waals surface area contributed by atoms with Gasteiger partial charge in [0.1, 0.15) is 5.69 Å². The van der Waals surface area contributed by atoms with Gasteiger partial charge < -0.3 is 15.4 Å². The van der Waals surface area contributed by atoms with Gasteiger partial charge in [-0.3, -0.25) is 9.78 Å². The number of carbonyl (C=O) groups excluding carboxylic acids is 2. The Morgan fingerprint density at radius 2 is 1.75 bits per heavy atom. The summed E-state index contributed by atoms with van der Waals surface area (Å²) in [6, 6.07) is 17.2. The van der Waals surface area contributed by atoms with E-state index in [-0.39, 0.29) is 12.3 Å². The maximum atomic E-state index is 12.5.